The molecular formula is C19H25N3O2S. The van der Waals surface area contributed by atoms with E-state index in [9.17, 15) is 9.59 Å². The molecule has 0 saturated heterocycles. The summed E-state index contributed by atoms with van der Waals surface area (Å²) in [4.78, 5) is 28.3. The number of hydrogen-bond acceptors (Lipinski definition) is 4. The predicted octanol–water partition coefficient (Wildman–Crippen LogP) is 3.54. The zero-order valence-corrected chi connectivity index (χ0v) is 16.0. The summed E-state index contributed by atoms with van der Waals surface area (Å²) in [6, 6.07) is 9.24. The molecule has 0 saturated carbocycles. The summed E-state index contributed by atoms with van der Waals surface area (Å²) in [6.07, 6.45) is 0.890. The Hall–Kier alpha value is -2.34. The van der Waals surface area contributed by atoms with Gasteiger partial charge in [0.1, 0.15) is 0 Å². The number of amides is 2. The van der Waals surface area contributed by atoms with Crippen LogP contribution in [0.5, 0.6) is 0 Å². The predicted molar refractivity (Wildman–Crippen MR) is 103 cm³/mol. The maximum atomic E-state index is 12.2. The summed E-state index contributed by atoms with van der Waals surface area (Å²) in [5.74, 6) is -0.621. The highest BCUT2D eigenvalue weighted by atomic mass is 32.1. The van der Waals surface area contributed by atoms with Crippen LogP contribution in [-0.2, 0) is 6.42 Å². The monoisotopic (exact) mass is 359 g/mol. The summed E-state index contributed by atoms with van der Waals surface area (Å²) in [5, 5.41) is 0. The minimum Gasteiger partial charge on any atom is -0.372 e. The first-order valence-corrected chi connectivity index (χ1v) is 9.36. The average molecular weight is 359 g/mol. The summed E-state index contributed by atoms with van der Waals surface area (Å²) in [5.41, 5.74) is 7.70. The molecule has 134 valence electrons. The van der Waals surface area contributed by atoms with Gasteiger partial charge in [0.2, 0.25) is 0 Å². The smallest absolute Gasteiger partial charge is 0.279 e. The van der Waals surface area contributed by atoms with Gasteiger partial charge in [-0.3, -0.25) is 20.4 Å². The summed E-state index contributed by atoms with van der Waals surface area (Å²) >= 11 is 1.44. The number of anilines is 1. The Labute approximate surface area is 153 Å². The van der Waals surface area contributed by atoms with Crippen molar-refractivity contribution in [3.63, 3.8) is 0 Å². The second kappa shape index (κ2) is 8.67. The van der Waals surface area contributed by atoms with E-state index < -0.39 is 0 Å². The third kappa shape index (κ3) is 4.60. The van der Waals surface area contributed by atoms with Crippen LogP contribution < -0.4 is 15.8 Å². The van der Waals surface area contributed by atoms with Crippen LogP contribution in [-0.4, -0.2) is 24.9 Å². The molecule has 2 aromatic rings. The largest absolute Gasteiger partial charge is 0.372 e. The molecule has 5 nitrogen and oxygen atoms in total. The van der Waals surface area contributed by atoms with E-state index in [1.807, 2.05) is 25.1 Å². The lowest BCUT2D eigenvalue weighted by Crippen LogP contribution is -2.41. The van der Waals surface area contributed by atoms with E-state index >= 15 is 0 Å². The molecule has 0 aliphatic carbocycles. The average Bonchev–Trinajstić information content (AvgIpc) is 3.02. The van der Waals surface area contributed by atoms with Crippen molar-refractivity contribution in [3.05, 3.63) is 51.2 Å². The van der Waals surface area contributed by atoms with Gasteiger partial charge in [-0.1, -0.05) is 6.92 Å². The van der Waals surface area contributed by atoms with Crippen LogP contribution >= 0.6 is 11.3 Å². The van der Waals surface area contributed by atoms with E-state index in [0.717, 1.165) is 35.6 Å². The van der Waals surface area contributed by atoms with Gasteiger partial charge >= 0.3 is 0 Å². The first kappa shape index (κ1) is 19.0. The van der Waals surface area contributed by atoms with E-state index in [-0.39, 0.29) is 11.8 Å². The molecule has 6 heteroatoms. The molecule has 2 amide bonds. The van der Waals surface area contributed by atoms with Gasteiger partial charge in [-0.2, -0.15) is 0 Å². The van der Waals surface area contributed by atoms with Crippen molar-refractivity contribution in [2.24, 2.45) is 0 Å². The Bertz CT molecular complexity index is 734. The minimum absolute atomic E-state index is 0.291. The first-order chi connectivity index (χ1) is 12.0. The molecular weight excluding hydrogens is 334 g/mol. The van der Waals surface area contributed by atoms with Crippen molar-refractivity contribution in [3.8, 4) is 0 Å². The number of nitrogens with zero attached hydrogens (tertiary/aromatic N) is 1. The van der Waals surface area contributed by atoms with Crippen molar-refractivity contribution in [1.82, 2.24) is 10.9 Å². The van der Waals surface area contributed by atoms with Crippen LogP contribution in [0.2, 0.25) is 0 Å². The van der Waals surface area contributed by atoms with Crippen molar-refractivity contribution < 1.29 is 9.59 Å². The molecule has 25 heavy (non-hydrogen) atoms. The number of nitrogens with one attached hydrogen (secondary N) is 2. The maximum Gasteiger partial charge on any atom is 0.279 e. The topological polar surface area (TPSA) is 61.4 Å². The molecule has 0 spiro atoms. The Morgan fingerprint density at radius 3 is 2.12 bits per heavy atom. The van der Waals surface area contributed by atoms with Crippen molar-refractivity contribution in [1.29, 1.82) is 0 Å². The highest BCUT2D eigenvalue weighted by Crippen LogP contribution is 2.21. The van der Waals surface area contributed by atoms with Gasteiger partial charge < -0.3 is 4.90 Å². The number of rotatable bonds is 6. The lowest BCUT2D eigenvalue weighted by molar-refractivity contribution is 0.0849. The number of thiophene rings is 1. The van der Waals surface area contributed by atoms with E-state index in [0.29, 0.717) is 10.4 Å². The standard InChI is InChI=1S/C19H25N3O2S/c1-5-14-12-17(25-13(14)4)19(24)21-20-18(23)15-8-10-16(11-9-15)22(6-2)7-3/h8-12H,5-7H2,1-4H3,(H,20,23)(H,21,24). The fourth-order valence-electron chi connectivity index (χ4n) is 2.64. The Balaban J connectivity index is 1.96. The molecule has 2 N–H and O–H groups in total. The second-order valence-corrected chi connectivity index (χ2v) is 6.93. The van der Waals surface area contributed by atoms with Crippen LogP contribution in [0.3, 0.4) is 0 Å². The lowest BCUT2D eigenvalue weighted by Gasteiger charge is -2.21. The summed E-state index contributed by atoms with van der Waals surface area (Å²) in [6.45, 7) is 10.1. The molecule has 0 fully saturated rings. The number of hydrogen-bond donors (Lipinski definition) is 2. The zero-order chi connectivity index (χ0) is 18.4. The van der Waals surface area contributed by atoms with Crippen LogP contribution in [0.15, 0.2) is 30.3 Å². The van der Waals surface area contributed by atoms with Gasteiger partial charge in [0.05, 0.1) is 4.88 Å². The van der Waals surface area contributed by atoms with Gasteiger partial charge in [0.25, 0.3) is 11.8 Å². The summed E-state index contributed by atoms with van der Waals surface area (Å²) in [7, 11) is 0. The number of carbonyl (C=O) groups is 2. The molecule has 0 aliphatic heterocycles. The van der Waals surface area contributed by atoms with Crippen LogP contribution in [0.4, 0.5) is 5.69 Å². The molecule has 0 unspecified atom stereocenters. The molecule has 1 aromatic heterocycles. The Morgan fingerprint density at radius 1 is 1.00 bits per heavy atom. The van der Waals surface area contributed by atoms with Crippen LogP contribution in [0.1, 0.15) is 51.2 Å². The second-order valence-electron chi connectivity index (χ2n) is 5.67. The van der Waals surface area contributed by atoms with E-state index in [1.165, 1.54) is 11.3 Å². The van der Waals surface area contributed by atoms with Crippen LogP contribution in [0, 0.1) is 6.92 Å². The molecule has 0 bridgehead atoms. The molecule has 2 rings (SSSR count). The van der Waals surface area contributed by atoms with Gasteiger partial charge in [0, 0.05) is 29.2 Å². The number of benzene rings is 1. The van der Waals surface area contributed by atoms with Gasteiger partial charge in [-0.15, -0.1) is 11.3 Å². The van der Waals surface area contributed by atoms with E-state index in [1.54, 1.807) is 12.1 Å². The lowest BCUT2D eigenvalue weighted by atomic mass is 10.2. The normalized spacial score (nSPS) is 10.4. The van der Waals surface area contributed by atoms with Crippen molar-refractivity contribution in [2.75, 3.05) is 18.0 Å². The molecule has 1 aromatic carbocycles. The quantitative estimate of drug-likeness (QED) is 0.776. The number of aryl methyl sites for hydroxylation is 2. The van der Waals surface area contributed by atoms with Crippen molar-refractivity contribution >= 4 is 28.8 Å². The first-order valence-electron chi connectivity index (χ1n) is 8.55. The number of carbonyl (C=O) groups excluding carboxylic acids is 2. The van der Waals surface area contributed by atoms with Gasteiger partial charge in [-0.05, 0) is 63.1 Å². The van der Waals surface area contributed by atoms with E-state index in [2.05, 4.69) is 36.5 Å². The SMILES string of the molecule is CCc1cc(C(=O)NNC(=O)c2ccc(N(CC)CC)cc2)sc1C. The third-order valence-electron chi connectivity index (χ3n) is 4.17. The van der Waals surface area contributed by atoms with Crippen LogP contribution in [0.25, 0.3) is 0 Å². The third-order valence-corrected chi connectivity index (χ3v) is 5.26. The fourth-order valence-corrected chi connectivity index (χ4v) is 3.65. The van der Waals surface area contributed by atoms with Crippen molar-refractivity contribution in [2.45, 2.75) is 34.1 Å². The Morgan fingerprint density at radius 2 is 1.60 bits per heavy atom. The Kier molecular flexibility index (Phi) is 6.58. The van der Waals surface area contributed by atoms with Gasteiger partial charge in [0.15, 0.2) is 0 Å². The van der Waals surface area contributed by atoms with Gasteiger partial charge in [-0.25, -0.2) is 0 Å². The number of hydrazine groups is 1. The molecule has 1 heterocycles. The molecule has 0 atom stereocenters. The summed E-state index contributed by atoms with van der Waals surface area (Å²) < 4.78 is 0. The molecule has 0 radical (unpaired) electrons. The highest BCUT2D eigenvalue weighted by Gasteiger charge is 2.13. The fraction of sp³-hybridized carbons (Fsp3) is 0.368. The maximum absolute atomic E-state index is 12.2. The minimum atomic E-state index is -0.330. The zero-order valence-electron chi connectivity index (χ0n) is 15.2. The highest BCUT2D eigenvalue weighted by molar-refractivity contribution is 7.14. The van der Waals surface area contributed by atoms with E-state index in [4.69, 9.17) is 0 Å². The molecule has 0 aliphatic rings.